The average Bonchev–Trinajstić information content (AvgIpc) is 2.99. The molecule has 8 heteroatoms. The van der Waals surface area contributed by atoms with E-state index in [1.54, 1.807) is 48.5 Å². The lowest BCUT2D eigenvalue weighted by molar-refractivity contribution is -0.124. The van der Waals surface area contributed by atoms with Crippen LogP contribution in [0, 0.1) is 0 Å². The van der Waals surface area contributed by atoms with Crippen LogP contribution in [0.15, 0.2) is 89.8 Å². The van der Waals surface area contributed by atoms with Crippen LogP contribution in [-0.2, 0) is 20.8 Å². The zero-order valence-corrected chi connectivity index (χ0v) is 19.6. The van der Waals surface area contributed by atoms with E-state index in [1.165, 1.54) is 11.2 Å². The van der Waals surface area contributed by atoms with Crippen LogP contribution in [-0.4, -0.2) is 28.5 Å². The number of hydrogen-bond acceptors (Lipinski definition) is 4. The van der Waals surface area contributed by atoms with Crippen LogP contribution in [0.2, 0.25) is 0 Å². The highest BCUT2D eigenvalue weighted by molar-refractivity contribution is 7.90. The number of nitrogens with one attached hydrogen (secondary N) is 2. The molecule has 0 saturated carbocycles. The molecule has 4 aromatic carbocycles. The average molecular weight is 484 g/mol. The molecule has 5 rings (SSSR count). The smallest absolute Gasteiger partial charge is 0.260 e. The molecule has 174 valence electrons. The van der Waals surface area contributed by atoms with Gasteiger partial charge in [-0.3, -0.25) is 19.3 Å². The van der Waals surface area contributed by atoms with Gasteiger partial charge in [-0.15, -0.1) is 0 Å². The van der Waals surface area contributed by atoms with E-state index in [9.17, 15) is 18.9 Å². The molecule has 0 bridgehead atoms. The predicted molar refractivity (Wildman–Crippen MR) is 138 cm³/mol. The largest absolute Gasteiger partial charge is 0.612 e. The summed E-state index contributed by atoms with van der Waals surface area (Å²) in [5.74, 6) is -1.10. The third-order valence-electron chi connectivity index (χ3n) is 5.80. The summed E-state index contributed by atoms with van der Waals surface area (Å²) >= 11 is -1.30. The zero-order chi connectivity index (χ0) is 24.5. The third-order valence-corrected chi connectivity index (χ3v) is 6.77. The summed E-state index contributed by atoms with van der Waals surface area (Å²) in [6, 6.07) is 24.9. The summed E-state index contributed by atoms with van der Waals surface area (Å²) in [4.78, 5) is 40.2. The van der Waals surface area contributed by atoms with E-state index in [4.69, 9.17) is 0 Å². The maximum absolute atomic E-state index is 13.0. The number of hydrogen-bond donors (Lipinski definition) is 2. The highest BCUT2D eigenvalue weighted by Crippen LogP contribution is 2.40. The van der Waals surface area contributed by atoms with Crippen LogP contribution in [0.25, 0.3) is 10.8 Å². The van der Waals surface area contributed by atoms with Gasteiger partial charge in [0.25, 0.3) is 5.91 Å². The van der Waals surface area contributed by atoms with Crippen molar-refractivity contribution in [2.45, 2.75) is 11.3 Å². The van der Waals surface area contributed by atoms with Gasteiger partial charge in [0, 0.05) is 16.8 Å². The monoisotopic (exact) mass is 483 g/mol. The fraction of sp³-hybridized carbons (Fsp3) is 0.0741. The minimum atomic E-state index is -1.30. The third kappa shape index (κ3) is 4.37. The molecule has 7 nitrogen and oxygen atoms in total. The molecule has 3 amide bonds. The Kier molecular flexibility index (Phi) is 5.98. The highest BCUT2D eigenvalue weighted by atomic mass is 32.2. The molecule has 0 saturated heterocycles. The standard InChI is InChI=1S/C27H21N3O4S/c1-35(34)23-9-5-4-8-21(23)27(33)28-18-11-13-19(14-12-18)30-22-15-10-17-6-2-3-7-20(17)26(22)29-24(31)16-25(30)32/h2-15H,16H2,1H3,(H,28,33)(H,29,31). The predicted octanol–water partition coefficient (Wildman–Crippen LogP) is 4.84. The number of fused-ring (bicyclic) bond motifs is 3. The fourth-order valence-electron chi connectivity index (χ4n) is 4.19. The van der Waals surface area contributed by atoms with Gasteiger partial charge in [0.05, 0.1) is 16.9 Å². The SMILES string of the molecule is C[S+]([O-])c1ccccc1C(=O)Nc1ccc(N2C(=O)CC(=O)Nc3c2ccc2ccccc32)cc1. The van der Waals surface area contributed by atoms with Crippen molar-refractivity contribution in [2.24, 2.45) is 0 Å². The van der Waals surface area contributed by atoms with Crippen LogP contribution in [0.1, 0.15) is 16.8 Å². The van der Waals surface area contributed by atoms with E-state index in [-0.39, 0.29) is 24.1 Å². The number of benzene rings is 4. The van der Waals surface area contributed by atoms with Gasteiger partial charge < -0.3 is 15.2 Å². The van der Waals surface area contributed by atoms with Crippen LogP contribution in [0.4, 0.5) is 22.7 Å². The molecule has 2 N–H and O–H groups in total. The Hall–Kier alpha value is -4.14. The Balaban J connectivity index is 1.47. The van der Waals surface area contributed by atoms with Gasteiger partial charge in [-0.25, -0.2) is 0 Å². The molecule has 0 aromatic heterocycles. The van der Waals surface area contributed by atoms with E-state index in [0.717, 1.165) is 10.8 Å². The van der Waals surface area contributed by atoms with Crippen molar-refractivity contribution in [1.29, 1.82) is 0 Å². The highest BCUT2D eigenvalue weighted by Gasteiger charge is 2.28. The normalized spacial score (nSPS) is 14.2. The topological polar surface area (TPSA) is 102 Å². The van der Waals surface area contributed by atoms with E-state index < -0.39 is 11.2 Å². The first-order chi connectivity index (χ1) is 16.9. The second-order valence-electron chi connectivity index (χ2n) is 8.09. The Morgan fingerprint density at radius 3 is 2.43 bits per heavy atom. The number of carbonyl (C=O) groups excluding carboxylic acids is 3. The van der Waals surface area contributed by atoms with Crippen molar-refractivity contribution in [1.82, 2.24) is 0 Å². The van der Waals surface area contributed by atoms with Gasteiger partial charge in [0.1, 0.15) is 12.7 Å². The fourth-order valence-corrected chi connectivity index (χ4v) is 4.93. The second kappa shape index (κ2) is 9.25. The number of carbonyl (C=O) groups is 3. The molecule has 1 unspecified atom stereocenters. The first-order valence-electron chi connectivity index (χ1n) is 10.9. The molecule has 0 radical (unpaired) electrons. The van der Waals surface area contributed by atoms with Gasteiger partial charge >= 0.3 is 0 Å². The van der Waals surface area contributed by atoms with Crippen molar-refractivity contribution < 1.29 is 18.9 Å². The van der Waals surface area contributed by atoms with Crippen molar-refractivity contribution >= 4 is 62.4 Å². The van der Waals surface area contributed by atoms with Gasteiger partial charge in [0.2, 0.25) is 11.8 Å². The summed E-state index contributed by atoms with van der Waals surface area (Å²) in [6.45, 7) is 0. The summed E-state index contributed by atoms with van der Waals surface area (Å²) in [5.41, 5.74) is 2.59. The number of anilines is 4. The van der Waals surface area contributed by atoms with Crippen molar-refractivity contribution in [3.05, 3.63) is 90.5 Å². The number of amides is 3. The van der Waals surface area contributed by atoms with Crippen molar-refractivity contribution in [2.75, 3.05) is 21.8 Å². The van der Waals surface area contributed by atoms with E-state index in [2.05, 4.69) is 10.6 Å². The van der Waals surface area contributed by atoms with Gasteiger partial charge in [-0.1, -0.05) is 42.5 Å². The van der Waals surface area contributed by atoms with Crippen LogP contribution >= 0.6 is 0 Å². The molecule has 4 aromatic rings. The molecule has 1 aliphatic rings. The Labute approximate surface area is 204 Å². The summed E-state index contributed by atoms with van der Waals surface area (Å²) in [6.07, 6.45) is 1.24. The first-order valence-corrected chi connectivity index (χ1v) is 12.5. The van der Waals surface area contributed by atoms with Crippen LogP contribution in [0.3, 0.4) is 0 Å². The van der Waals surface area contributed by atoms with E-state index in [1.807, 2.05) is 36.4 Å². The zero-order valence-electron chi connectivity index (χ0n) is 18.8. The summed E-state index contributed by atoms with van der Waals surface area (Å²) in [5, 5.41) is 7.49. The summed E-state index contributed by atoms with van der Waals surface area (Å²) in [7, 11) is 0. The lowest BCUT2D eigenvalue weighted by Gasteiger charge is -2.23. The molecule has 1 atom stereocenters. The minimum absolute atomic E-state index is 0.285. The first kappa shape index (κ1) is 22.6. The Bertz CT molecular complexity index is 1470. The molecule has 1 heterocycles. The van der Waals surface area contributed by atoms with Crippen molar-refractivity contribution in [3.63, 3.8) is 0 Å². The van der Waals surface area contributed by atoms with Crippen LogP contribution < -0.4 is 15.5 Å². The number of nitrogens with zero attached hydrogens (tertiary/aromatic N) is 1. The lowest BCUT2D eigenvalue weighted by atomic mass is 10.1. The maximum Gasteiger partial charge on any atom is 0.260 e. The minimum Gasteiger partial charge on any atom is -0.612 e. The Morgan fingerprint density at radius 1 is 0.943 bits per heavy atom. The number of rotatable bonds is 4. The Morgan fingerprint density at radius 2 is 1.66 bits per heavy atom. The van der Waals surface area contributed by atoms with Gasteiger partial charge in [0.15, 0.2) is 4.90 Å². The quantitative estimate of drug-likeness (QED) is 0.320. The lowest BCUT2D eigenvalue weighted by Crippen LogP contribution is -2.26. The molecule has 0 aliphatic carbocycles. The molecular weight excluding hydrogens is 462 g/mol. The van der Waals surface area contributed by atoms with E-state index >= 15 is 0 Å². The van der Waals surface area contributed by atoms with Gasteiger partial charge in [-0.2, -0.15) is 0 Å². The molecule has 0 spiro atoms. The molecular formula is C27H21N3O4S. The molecule has 0 fully saturated rings. The molecule has 1 aliphatic heterocycles. The van der Waals surface area contributed by atoms with E-state index in [0.29, 0.717) is 33.2 Å². The summed E-state index contributed by atoms with van der Waals surface area (Å²) < 4.78 is 12.0. The van der Waals surface area contributed by atoms with Crippen LogP contribution in [0.5, 0.6) is 0 Å². The molecule has 35 heavy (non-hydrogen) atoms. The van der Waals surface area contributed by atoms with Crippen molar-refractivity contribution in [3.8, 4) is 0 Å². The maximum atomic E-state index is 13.0. The van der Waals surface area contributed by atoms with Gasteiger partial charge in [-0.05, 0) is 59.0 Å². The second-order valence-corrected chi connectivity index (χ2v) is 9.43.